The van der Waals surface area contributed by atoms with Gasteiger partial charge in [0.1, 0.15) is 5.82 Å². The summed E-state index contributed by atoms with van der Waals surface area (Å²) in [5, 5.41) is 3.45. The molecule has 130 valence electrons. The van der Waals surface area contributed by atoms with Crippen molar-refractivity contribution in [2.75, 3.05) is 36.4 Å². The summed E-state index contributed by atoms with van der Waals surface area (Å²) >= 11 is 12.1. The lowest BCUT2D eigenvalue weighted by molar-refractivity contribution is -0.118. The van der Waals surface area contributed by atoms with E-state index in [1.807, 2.05) is 0 Å². The van der Waals surface area contributed by atoms with Crippen LogP contribution in [-0.2, 0) is 4.79 Å². The zero-order valence-electron chi connectivity index (χ0n) is 13.3. The summed E-state index contributed by atoms with van der Waals surface area (Å²) < 4.78 is 0. The van der Waals surface area contributed by atoms with Crippen molar-refractivity contribution in [3.8, 4) is 0 Å². The van der Waals surface area contributed by atoms with E-state index >= 15 is 0 Å². The summed E-state index contributed by atoms with van der Waals surface area (Å²) in [4.78, 5) is 31.3. The summed E-state index contributed by atoms with van der Waals surface area (Å²) in [6.07, 6.45) is 2.37. The second-order valence-corrected chi connectivity index (χ2v) is 6.40. The van der Waals surface area contributed by atoms with Gasteiger partial charge >= 0.3 is 0 Å². The third-order valence-corrected chi connectivity index (χ3v) is 4.63. The Kier molecular flexibility index (Phi) is 5.40. The van der Waals surface area contributed by atoms with E-state index in [0.29, 0.717) is 47.5 Å². The molecule has 0 spiro atoms. The van der Waals surface area contributed by atoms with Gasteiger partial charge in [-0.2, -0.15) is 0 Å². The molecule has 1 aromatic heterocycles. The first kappa shape index (κ1) is 17.5. The van der Waals surface area contributed by atoms with Crippen molar-refractivity contribution >= 4 is 47.0 Å². The van der Waals surface area contributed by atoms with Crippen molar-refractivity contribution < 1.29 is 9.59 Å². The molecular weight excluding hydrogens is 363 g/mol. The van der Waals surface area contributed by atoms with Crippen LogP contribution in [0.1, 0.15) is 10.4 Å². The van der Waals surface area contributed by atoms with E-state index in [9.17, 15) is 9.59 Å². The van der Waals surface area contributed by atoms with E-state index in [-0.39, 0.29) is 5.91 Å². The number of carbonyl (C=O) groups excluding carboxylic acids is 2. The third-order valence-electron chi connectivity index (χ3n) is 4.00. The first-order chi connectivity index (χ1) is 12.1. The van der Waals surface area contributed by atoms with Crippen molar-refractivity contribution in [1.29, 1.82) is 0 Å². The molecule has 1 saturated heterocycles. The molecule has 2 amide bonds. The molecule has 1 fully saturated rings. The van der Waals surface area contributed by atoms with Crippen LogP contribution in [0.3, 0.4) is 0 Å². The summed E-state index contributed by atoms with van der Waals surface area (Å²) in [6, 6.07) is 8.52. The van der Waals surface area contributed by atoms with Crippen molar-refractivity contribution in [2.24, 2.45) is 0 Å². The zero-order valence-corrected chi connectivity index (χ0v) is 14.8. The number of hydrogen-bond acceptors (Lipinski definition) is 4. The Bertz CT molecular complexity index is 754. The van der Waals surface area contributed by atoms with Gasteiger partial charge < -0.3 is 15.1 Å². The monoisotopic (exact) mass is 378 g/mol. The van der Waals surface area contributed by atoms with Gasteiger partial charge in [-0.05, 0) is 24.3 Å². The van der Waals surface area contributed by atoms with Crippen molar-refractivity contribution in [3.63, 3.8) is 0 Å². The maximum Gasteiger partial charge on any atom is 0.257 e. The van der Waals surface area contributed by atoms with Crippen molar-refractivity contribution in [1.82, 2.24) is 9.88 Å². The summed E-state index contributed by atoms with van der Waals surface area (Å²) in [5.41, 5.74) is 0.788. The molecule has 1 aliphatic heterocycles. The minimum atomic E-state index is -0.333. The van der Waals surface area contributed by atoms with Gasteiger partial charge in [0.2, 0.25) is 6.41 Å². The molecular formula is C17H16Cl2N4O2. The van der Waals surface area contributed by atoms with E-state index in [4.69, 9.17) is 23.2 Å². The lowest BCUT2D eigenvalue weighted by Crippen LogP contribution is -2.46. The number of aromatic nitrogens is 1. The van der Waals surface area contributed by atoms with E-state index in [2.05, 4.69) is 15.2 Å². The second kappa shape index (κ2) is 7.72. The molecule has 1 N–H and O–H groups in total. The predicted octanol–water partition coefficient (Wildman–Crippen LogP) is 2.92. The number of nitrogens with one attached hydrogen (secondary N) is 1. The molecule has 25 heavy (non-hydrogen) atoms. The van der Waals surface area contributed by atoms with Crippen LogP contribution in [0.4, 0.5) is 11.5 Å². The van der Waals surface area contributed by atoms with Crippen LogP contribution < -0.4 is 10.2 Å². The average Bonchev–Trinajstić information content (AvgIpc) is 2.65. The Morgan fingerprint density at radius 2 is 1.76 bits per heavy atom. The number of amides is 2. The largest absolute Gasteiger partial charge is 0.353 e. The van der Waals surface area contributed by atoms with Gasteiger partial charge in [-0.1, -0.05) is 29.3 Å². The van der Waals surface area contributed by atoms with Gasteiger partial charge in [-0.15, -0.1) is 0 Å². The number of anilines is 2. The highest BCUT2D eigenvalue weighted by molar-refractivity contribution is 6.40. The van der Waals surface area contributed by atoms with Gasteiger partial charge in [0.15, 0.2) is 0 Å². The van der Waals surface area contributed by atoms with Gasteiger partial charge in [0.25, 0.3) is 5.91 Å². The number of rotatable bonds is 4. The molecule has 2 heterocycles. The quantitative estimate of drug-likeness (QED) is 0.830. The van der Waals surface area contributed by atoms with Gasteiger partial charge in [-0.25, -0.2) is 4.98 Å². The molecule has 6 nitrogen and oxygen atoms in total. The first-order valence-corrected chi connectivity index (χ1v) is 8.50. The summed E-state index contributed by atoms with van der Waals surface area (Å²) in [5.74, 6) is 0.442. The topological polar surface area (TPSA) is 65.5 Å². The van der Waals surface area contributed by atoms with Crippen LogP contribution in [0.5, 0.6) is 0 Å². The number of piperazine rings is 1. The van der Waals surface area contributed by atoms with Gasteiger partial charge in [0, 0.05) is 32.4 Å². The number of carbonyl (C=O) groups is 2. The lowest BCUT2D eigenvalue weighted by atomic mass is 10.2. The van der Waals surface area contributed by atoms with Crippen LogP contribution in [0.15, 0.2) is 36.5 Å². The summed E-state index contributed by atoms with van der Waals surface area (Å²) in [7, 11) is 0. The molecule has 0 radical (unpaired) electrons. The number of halogens is 2. The van der Waals surface area contributed by atoms with E-state index in [0.717, 1.165) is 12.2 Å². The molecule has 1 aromatic carbocycles. The number of nitrogens with zero attached hydrogens (tertiary/aromatic N) is 3. The molecule has 0 saturated carbocycles. The summed E-state index contributed by atoms with van der Waals surface area (Å²) in [6.45, 7) is 2.76. The fourth-order valence-corrected chi connectivity index (χ4v) is 3.06. The van der Waals surface area contributed by atoms with Crippen LogP contribution in [0.2, 0.25) is 10.0 Å². The Morgan fingerprint density at radius 1 is 1.08 bits per heavy atom. The number of hydrogen-bond donors (Lipinski definition) is 1. The number of pyridine rings is 1. The Labute approximate surface area is 155 Å². The van der Waals surface area contributed by atoms with Gasteiger partial charge in [0.05, 0.1) is 21.3 Å². The zero-order chi connectivity index (χ0) is 17.8. The fraction of sp³-hybridized carbons (Fsp3) is 0.235. The average molecular weight is 379 g/mol. The van der Waals surface area contributed by atoms with Crippen LogP contribution in [0.25, 0.3) is 0 Å². The second-order valence-electron chi connectivity index (χ2n) is 5.58. The first-order valence-electron chi connectivity index (χ1n) is 7.74. The molecule has 0 aliphatic carbocycles. The maximum atomic E-state index is 12.4. The number of benzene rings is 1. The number of para-hydroxylation sites is 1. The molecule has 1 aliphatic rings. The lowest BCUT2D eigenvalue weighted by Gasteiger charge is -2.33. The third kappa shape index (κ3) is 4.03. The smallest absolute Gasteiger partial charge is 0.257 e. The van der Waals surface area contributed by atoms with E-state index in [1.54, 1.807) is 35.2 Å². The molecule has 3 rings (SSSR count). The van der Waals surface area contributed by atoms with Crippen molar-refractivity contribution in [2.45, 2.75) is 0 Å². The fourth-order valence-electron chi connectivity index (χ4n) is 2.57. The van der Waals surface area contributed by atoms with Crippen LogP contribution >= 0.6 is 23.2 Å². The minimum absolute atomic E-state index is 0.333. The van der Waals surface area contributed by atoms with Crippen LogP contribution in [-0.4, -0.2) is 48.4 Å². The van der Waals surface area contributed by atoms with Crippen LogP contribution in [0, 0.1) is 0 Å². The SMILES string of the molecule is O=CN1CCN(c2ccc(C(=O)Nc3c(Cl)cccc3Cl)cn2)CC1. The van der Waals surface area contributed by atoms with E-state index < -0.39 is 0 Å². The highest BCUT2D eigenvalue weighted by atomic mass is 35.5. The Balaban J connectivity index is 1.68. The molecule has 0 bridgehead atoms. The Morgan fingerprint density at radius 3 is 2.32 bits per heavy atom. The Hall–Kier alpha value is -2.31. The highest BCUT2D eigenvalue weighted by Gasteiger charge is 2.17. The minimum Gasteiger partial charge on any atom is -0.353 e. The molecule has 0 unspecified atom stereocenters. The van der Waals surface area contributed by atoms with Gasteiger partial charge in [-0.3, -0.25) is 9.59 Å². The highest BCUT2D eigenvalue weighted by Crippen LogP contribution is 2.30. The predicted molar refractivity (Wildman–Crippen MR) is 98.5 cm³/mol. The molecule has 8 heteroatoms. The maximum absolute atomic E-state index is 12.4. The van der Waals surface area contributed by atoms with Crippen molar-refractivity contribution in [3.05, 3.63) is 52.1 Å². The van der Waals surface area contributed by atoms with E-state index in [1.165, 1.54) is 6.20 Å². The molecule has 0 atom stereocenters. The standard InChI is InChI=1S/C17H16Cl2N4O2/c18-13-2-1-3-14(19)16(13)21-17(25)12-4-5-15(20-10-12)23-8-6-22(11-24)7-9-23/h1-5,10-11H,6-9H2,(H,21,25). The molecule has 2 aromatic rings. The normalized spacial score (nSPS) is 14.3.